The summed E-state index contributed by atoms with van der Waals surface area (Å²) in [7, 11) is 0. The van der Waals surface area contributed by atoms with Gasteiger partial charge in [-0.25, -0.2) is 0 Å². The third kappa shape index (κ3) is 14.1. The lowest BCUT2D eigenvalue weighted by molar-refractivity contribution is -0.132. The fourth-order valence-electron chi connectivity index (χ4n) is 11.0. The quantitative estimate of drug-likeness (QED) is 0.0772. The molecule has 12 bridgehead atoms. The zero-order valence-electron chi connectivity index (χ0n) is 51.4. The van der Waals surface area contributed by atoms with E-state index < -0.39 is 11.9 Å². The average Bonchev–Trinajstić information content (AvgIpc) is 3.41. The number of ether oxygens (including phenoxy) is 6. The summed E-state index contributed by atoms with van der Waals surface area (Å²) >= 11 is 0. The molecule has 0 fully saturated rings. The van der Waals surface area contributed by atoms with Crippen molar-refractivity contribution in [1.82, 2.24) is 0 Å². The first kappa shape index (κ1) is 60.7. The lowest BCUT2D eigenvalue weighted by Gasteiger charge is -2.28. The number of benzene rings is 6. The van der Waals surface area contributed by atoms with Gasteiger partial charge in [-0.2, -0.15) is 0 Å². The molecular weight excluding hydrogens is 997 g/mol. The van der Waals surface area contributed by atoms with E-state index in [1.807, 2.05) is 52.0 Å². The number of hydrogen-bond donors (Lipinski definition) is 2. The third-order valence-corrected chi connectivity index (χ3v) is 14.9. The molecule has 0 saturated heterocycles. The van der Waals surface area contributed by atoms with Gasteiger partial charge in [-0.15, -0.1) is 0 Å². The normalized spacial score (nSPS) is 13.2. The summed E-state index contributed by atoms with van der Waals surface area (Å²) in [5, 5.41) is 0. The van der Waals surface area contributed by atoms with Gasteiger partial charge >= 0.3 is 11.9 Å². The van der Waals surface area contributed by atoms with Crippen LogP contribution in [0.3, 0.4) is 0 Å². The molecular formula is C70H90N2O8. The van der Waals surface area contributed by atoms with E-state index in [0.717, 1.165) is 112 Å². The lowest BCUT2D eigenvalue weighted by atomic mass is 9.80. The van der Waals surface area contributed by atoms with Crippen LogP contribution in [-0.2, 0) is 69.8 Å². The van der Waals surface area contributed by atoms with Gasteiger partial charge in [-0.05, 0) is 140 Å². The van der Waals surface area contributed by atoms with Crippen LogP contribution in [0.4, 0.5) is 11.4 Å². The van der Waals surface area contributed by atoms with Gasteiger partial charge < -0.3 is 39.9 Å². The minimum Gasteiger partial charge on any atom is -0.493 e. The highest BCUT2D eigenvalue weighted by Gasteiger charge is 2.30. The SMILES string of the molecule is CCOc1c2cc(C(C)(C)C)cc1Cc1cc(N)cc(c1OC(C)=O)Cc1cc(C(C)(C)C)cc(c1OCC)Cc1cc(C(C)(C)C)cc(c1OCC)Cc1cc(N)cc(c1OC(C)=O)Cc1cc(C(C)(C)C)cc(c1OCC)C2. The first-order chi connectivity index (χ1) is 37.4. The zero-order valence-corrected chi connectivity index (χ0v) is 51.4. The van der Waals surface area contributed by atoms with Gasteiger partial charge in [-0.1, -0.05) is 132 Å². The van der Waals surface area contributed by atoms with Gasteiger partial charge in [0.2, 0.25) is 0 Å². The summed E-state index contributed by atoms with van der Waals surface area (Å²) in [6, 6.07) is 25.7. The Labute approximate surface area is 478 Å². The number of nitrogen functional groups attached to an aromatic ring is 2. The zero-order chi connectivity index (χ0) is 58.8. The Hall–Kier alpha value is -6.94. The van der Waals surface area contributed by atoms with E-state index in [0.29, 0.717) is 87.8 Å². The van der Waals surface area contributed by atoms with Crippen LogP contribution < -0.4 is 39.9 Å². The van der Waals surface area contributed by atoms with Crippen LogP contribution in [-0.4, -0.2) is 38.4 Å². The second-order valence-corrected chi connectivity index (χ2v) is 25.8. The van der Waals surface area contributed by atoms with Crippen LogP contribution >= 0.6 is 0 Å². The molecule has 1 aliphatic carbocycles. The Kier molecular flexibility index (Phi) is 18.2. The molecule has 0 aliphatic heterocycles. The number of carbonyl (C=O) groups is 2. The predicted molar refractivity (Wildman–Crippen MR) is 326 cm³/mol. The van der Waals surface area contributed by atoms with Gasteiger partial charge in [0.05, 0.1) is 26.4 Å². The molecule has 0 aromatic heterocycles. The van der Waals surface area contributed by atoms with Crippen molar-refractivity contribution in [1.29, 1.82) is 0 Å². The van der Waals surface area contributed by atoms with Gasteiger partial charge in [0.15, 0.2) is 0 Å². The van der Waals surface area contributed by atoms with Crippen LogP contribution in [0.2, 0.25) is 0 Å². The monoisotopic (exact) mass is 1090 g/mol. The van der Waals surface area contributed by atoms with Crippen LogP contribution in [0.1, 0.15) is 214 Å². The maximum absolute atomic E-state index is 13.4. The largest absolute Gasteiger partial charge is 0.493 e. The maximum atomic E-state index is 13.4. The van der Waals surface area contributed by atoms with E-state index in [4.69, 9.17) is 39.9 Å². The molecule has 1 aliphatic rings. The lowest BCUT2D eigenvalue weighted by Crippen LogP contribution is -2.17. The van der Waals surface area contributed by atoms with E-state index in [1.165, 1.54) is 13.8 Å². The van der Waals surface area contributed by atoms with E-state index in [1.54, 1.807) is 0 Å². The fraction of sp³-hybridized carbons (Fsp3) is 0.457. The van der Waals surface area contributed by atoms with Crippen LogP contribution in [0.25, 0.3) is 0 Å². The topological polar surface area (TPSA) is 142 Å². The standard InChI is InChI=1S/C70H90N2O8/c1-19-75-61-43-23-44-30-56(68(10,11)12)34-48(62(44)76-20-2)26-53-39-60(72)40-54(66(53)80-42(6)74)28-50-36-58(70(16,17)18)32-46(64(50)78-22-4)24-45-31-57(69(13,14)15)35-49(63(45)77-21-3)27-52-38-59(71)37-51(65(52)79-41(5)73)25-47(61)33-55(29-43)67(7,8)9/h29-40H,19-28,71-72H2,1-18H3. The van der Waals surface area contributed by atoms with Crippen molar-refractivity contribution in [2.24, 2.45) is 0 Å². The summed E-state index contributed by atoms with van der Waals surface area (Å²) < 4.78 is 40.0. The molecule has 0 heterocycles. The highest BCUT2D eigenvalue weighted by Crippen LogP contribution is 2.45. The van der Waals surface area contributed by atoms with Gasteiger partial charge in [-0.3, -0.25) is 9.59 Å². The molecule has 10 heteroatoms. The molecule has 4 N–H and O–H groups in total. The molecule has 0 radical (unpaired) electrons. The summed E-state index contributed by atoms with van der Waals surface area (Å²) in [5.41, 5.74) is 29.2. The van der Waals surface area contributed by atoms with Crippen molar-refractivity contribution in [3.8, 4) is 34.5 Å². The van der Waals surface area contributed by atoms with Crippen LogP contribution in [0, 0.1) is 0 Å². The molecule has 0 unspecified atom stereocenters. The molecule has 0 spiro atoms. The molecule has 7 rings (SSSR count). The van der Waals surface area contributed by atoms with E-state index >= 15 is 0 Å². The summed E-state index contributed by atoms with van der Waals surface area (Å²) in [4.78, 5) is 26.8. The first-order valence-corrected chi connectivity index (χ1v) is 28.8. The Morgan fingerprint density at radius 2 is 0.487 bits per heavy atom. The van der Waals surface area contributed by atoms with Gasteiger partial charge in [0.25, 0.3) is 0 Å². The number of fused-ring (bicyclic) bond motifs is 12. The third-order valence-electron chi connectivity index (χ3n) is 14.9. The number of nitrogens with two attached hydrogens (primary N) is 2. The minimum absolute atomic E-state index is 0.265. The van der Waals surface area contributed by atoms with Gasteiger partial charge in [0, 0.05) is 86.0 Å². The van der Waals surface area contributed by atoms with Crippen molar-refractivity contribution >= 4 is 23.3 Å². The Balaban J connectivity index is 1.67. The van der Waals surface area contributed by atoms with E-state index in [9.17, 15) is 9.59 Å². The Bertz CT molecular complexity index is 2870. The van der Waals surface area contributed by atoms with E-state index in [2.05, 4.69) is 132 Å². The maximum Gasteiger partial charge on any atom is 0.308 e. The van der Waals surface area contributed by atoms with Crippen molar-refractivity contribution in [2.45, 2.75) is 185 Å². The van der Waals surface area contributed by atoms with Crippen molar-refractivity contribution in [2.75, 3.05) is 37.9 Å². The molecule has 428 valence electrons. The van der Waals surface area contributed by atoms with Crippen molar-refractivity contribution < 1.29 is 38.0 Å². The number of hydrogen-bond acceptors (Lipinski definition) is 10. The molecule has 6 aromatic rings. The highest BCUT2D eigenvalue weighted by molar-refractivity contribution is 5.73. The number of rotatable bonds is 10. The average molecular weight is 1090 g/mol. The molecule has 0 saturated carbocycles. The van der Waals surface area contributed by atoms with Crippen LogP contribution in [0.5, 0.6) is 34.5 Å². The number of anilines is 2. The molecule has 10 nitrogen and oxygen atoms in total. The first-order valence-electron chi connectivity index (χ1n) is 28.8. The Morgan fingerprint density at radius 3 is 0.625 bits per heavy atom. The van der Waals surface area contributed by atoms with Gasteiger partial charge in [0.1, 0.15) is 34.5 Å². The Morgan fingerprint density at radius 1 is 0.325 bits per heavy atom. The minimum atomic E-state index is -0.432. The summed E-state index contributed by atoms with van der Waals surface area (Å²) in [6.07, 6.45) is 2.35. The van der Waals surface area contributed by atoms with Crippen LogP contribution in [0.15, 0.2) is 72.8 Å². The second kappa shape index (κ2) is 24.0. The molecule has 0 atom stereocenters. The smallest absolute Gasteiger partial charge is 0.308 e. The summed E-state index contributed by atoms with van der Waals surface area (Å²) in [6.45, 7) is 39.2. The summed E-state index contributed by atoms with van der Waals surface area (Å²) in [5.74, 6) is 3.08. The molecule has 80 heavy (non-hydrogen) atoms. The predicted octanol–water partition coefficient (Wildman–Crippen LogP) is 15.3. The highest BCUT2D eigenvalue weighted by atomic mass is 16.5. The van der Waals surface area contributed by atoms with Crippen molar-refractivity contribution in [3.63, 3.8) is 0 Å². The molecule has 6 aromatic carbocycles. The van der Waals surface area contributed by atoms with Crippen molar-refractivity contribution in [3.05, 3.63) is 162 Å². The van der Waals surface area contributed by atoms with E-state index in [-0.39, 0.29) is 21.7 Å². The number of esters is 2. The second-order valence-electron chi connectivity index (χ2n) is 25.8. The number of carbonyl (C=O) groups excluding carboxylic acids is 2. The fourth-order valence-corrected chi connectivity index (χ4v) is 11.0. The molecule has 0 amide bonds.